The van der Waals surface area contributed by atoms with Crippen LogP contribution in [-0.2, 0) is 14.3 Å². The van der Waals surface area contributed by atoms with Gasteiger partial charge in [0, 0.05) is 23.7 Å². The summed E-state index contributed by atoms with van der Waals surface area (Å²) in [6.07, 6.45) is 2.21. The van der Waals surface area contributed by atoms with Crippen LogP contribution in [0.2, 0.25) is 0 Å². The number of hydrogen-bond acceptors (Lipinski definition) is 4. The molecule has 1 heterocycles. The lowest BCUT2D eigenvalue weighted by atomic mass is 9.51. The van der Waals surface area contributed by atoms with E-state index in [1.807, 2.05) is 13.8 Å². The van der Waals surface area contributed by atoms with Crippen LogP contribution >= 0.6 is 0 Å². The van der Waals surface area contributed by atoms with Gasteiger partial charge in [0.1, 0.15) is 11.9 Å². The molecule has 3 fully saturated rings. The fourth-order valence-corrected chi connectivity index (χ4v) is 4.66. The Kier molecular flexibility index (Phi) is 2.63. The van der Waals surface area contributed by atoms with E-state index in [4.69, 9.17) is 4.74 Å². The van der Waals surface area contributed by atoms with Crippen LogP contribution in [-0.4, -0.2) is 28.6 Å². The Morgan fingerprint density at radius 3 is 2.63 bits per heavy atom. The molecule has 2 saturated carbocycles. The summed E-state index contributed by atoms with van der Waals surface area (Å²) in [4.78, 5) is 24.2. The molecule has 3 aliphatic rings. The van der Waals surface area contributed by atoms with Crippen LogP contribution < -0.4 is 0 Å². The Bertz CT molecular complexity index is 441. The van der Waals surface area contributed by atoms with Gasteiger partial charge in [-0.1, -0.05) is 13.8 Å². The van der Waals surface area contributed by atoms with Crippen molar-refractivity contribution >= 4 is 11.8 Å². The second kappa shape index (κ2) is 3.81. The zero-order chi connectivity index (χ0) is 14.0. The third-order valence-corrected chi connectivity index (χ3v) is 5.87. The second-order valence-electron chi connectivity index (χ2n) is 7.07. The highest BCUT2D eigenvalue weighted by atomic mass is 16.6. The van der Waals surface area contributed by atoms with Crippen molar-refractivity contribution in [1.82, 2.24) is 0 Å². The SMILES string of the molecule is C[C@@H]1C(=O)O[C@@H]2[C@@H]1CC[C@]1(C)C(=O)CC[C@@](C)(O)[C@@H]21. The zero-order valence-electron chi connectivity index (χ0n) is 11.8. The van der Waals surface area contributed by atoms with E-state index in [9.17, 15) is 14.7 Å². The molecule has 0 bridgehead atoms. The van der Waals surface area contributed by atoms with Gasteiger partial charge in [0.05, 0.1) is 11.5 Å². The number of hydrogen-bond donors (Lipinski definition) is 1. The first-order chi connectivity index (χ1) is 8.77. The lowest BCUT2D eigenvalue weighted by molar-refractivity contribution is -0.186. The maximum atomic E-state index is 12.3. The molecule has 0 radical (unpaired) electrons. The Labute approximate surface area is 113 Å². The predicted octanol–water partition coefficient (Wildman–Crippen LogP) is 1.69. The van der Waals surface area contributed by atoms with Crippen molar-refractivity contribution in [3.8, 4) is 0 Å². The third kappa shape index (κ3) is 1.62. The lowest BCUT2D eigenvalue weighted by Gasteiger charge is -2.54. The molecule has 0 amide bonds. The third-order valence-electron chi connectivity index (χ3n) is 5.87. The molecule has 0 aromatic heterocycles. The smallest absolute Gasteiger partial charge is 0.309 e. The highest BCUT2D eigenvalue weighted by Crippen LogP contribution is 2.57. The fourth-order valence-electron chi connectivity index (χ4n) is 4.66. The summed E-state index contributed by atoms with van der Waals surface area (Å²) in [5.74, 6) is -0.162. The van der Waals surface area contributed by atoms with E-state index < -0.39 is 11.0 Å². The summed E-state index contributed by atoms with van der Waals surface area (Å²) >= 11 is 0. The van der Waals surface area contributed by atoms with E-state index >= 15 is 0 Å². The van der Waals surface area contributed by atoms with Gasteiger partial charge in [-0.3, -0.25) is 9.59 Å². The van der Waals surface area contributed by atoms with Crippen molar-refractivity contribution < 1.29 is 19.4 Å². The molecule has 6 atom stereocenters. The van der Waals surface area contributed by atoms with Crippen molar-refractivity contribution in [3.63, 3.8) is 0 Å². The normalized spacial score (nSPS) is 53.5. The molecule has 4 heteroatoms. The predicted molar refractivity (Wildman–Crippen MR) is 68.2 cm³/mol. The Balaban J connectivity index is 2.03. The maximum absolute atomic E-state index is 12.3. The van der Waals surface area contributed by atoms with Crippen LogP contribution in [0.5, 0.6) is 0 Å². The average molecular weight is 266 g/mol. The molecule has 2 aliphatic carbocycles. The molecule has 0 spiro atoms. The average Bonchev–Trinajstić information content (AvgIpc) is 2.60. The molecular formula is C15H22O4. The lowest BCUT2D eigenvalue weighted by Crippen LogP contribution is -2.61. The van der Waals surface area contributed by atoms with E-state index in [0.717, 1.165) is 12.8 Å². The van der Waals surface area contributed by atoms with E-state index in [1.165, 1.54) is 0 Å². The summed E-state index contributed by atoms with van der Waals surface area (Å²) < 4.78 is 5.54. The first kappa shape index (κ1) is 13.1. The van der Waals surface area contributed by atoms with Crippen molar-refractivity contribution in [1.29, 1.82) is 0 Å². The van der Waals surface area contributed by atoms with E-state index in [2.05, 4.69) is 0 Å². The summed E-state index contributed by atoms with van der Waals surface area (Å²) in [6.45, 7) is 5.64. The number of fused-ring (bicyclic) bond motifs is 3. The van der Waals surface area contributed by atoms with Gasteiger partial charge >= 0.3 is 5.97 Å². The van der Waals surface area contributed by atoms with Crippen molar-refractivity contribution in [2.45, 2.75) is 58.2 Å². The van der Waals surface area contributed by atoms with E-state index in [-0.39, 0.29) is 35.6 Å². The number of aliphatic hydroxyl groups is 1. The topological polar surface area (TPSA) is 63.6 Å². The molecule has 3 rings (SSSR count). The minimum absolute atomic E-state index is 0.109. The van der Waals surface area contributed by atoms with Gasteiger partial charge in [-0.2, -0.15) is 0 Å². The Morgan fingerprint density at radius 1 is 1.26 bits per heavy atom. The maximum Gasteiger partial charge on any atom is 0.309 e. The van der Waals surface area contributed by atoms with Crippen LogP contribution in [0.4, 0.5) is 0 Å². The number of ether oxygens (including phenoxy) is 1. The largest absolute Gasteiger partial charge is 0.461 e. The minimum atomic E-state index is -0.920. The standard InChI is InChI=1S/C15H22O4/c1-8-9-4-6-14(2)10(16)5-7-15(3,18)12(14)11(9)19-13(8)17/h8-9,11-12,18H,4-7H2,1-3H3/t8-,9+,11+,12-,14+,15+/m0/s1. The number of rotatable bonds is 0. The molecule has 4 nitrogen and oxygen atoms in total. The molecule has 19 heavy (non-hydrogen) atoms. The number of esters is 1. The molecule has 0 aromatic rings. The Hall–Kier alpha value is -0.900. The van der Waals surface area contributed by atoms with Gasteiger partial charge in [0.25, 0.3) is 0 Å². The fraction of sp³-hybridized carbons (Fsp3) is 0.867. The van der Waals surface area contributed by atoms with Crippen LogP contribution in [0.1, 0.15) is 46.5 Å². The summed E-state index contributed by atoms with van der Waals surface area (Å²) in [6, 6.07) is 0. The van der Waals surface area contributed by atoms with Crippen molar-refractivity contribution in [2.24, 2.45) is 23.2 Å². The van der Waals surface area contributed by atoms with Gasteiger partial charge in [-0.15, -0.1) is 0 Å². The molecule has 0 unspecified atom stereocenters. The van der Waals surface area contributed by atoms with Crippen LogP contribution in [0.3, 0.4) is 0 Å². The second-order valence-corrected chi connectivity index (χ2v) is 7.07. The molecule has 1 N–H and O–H groups in total. The van der Waals surface area contributed by atoms with Crippen molar-refractivity contribution in [3.05, 3.63) is 0 Å². The molecule has 1 aliphatic heterocycles. The van der Waals surface area contributed by atoms with Crippen molar-refractivity contribution in [2.75, 3.05) is 0 Å². The van der Waals surface area contributed by atoms with Crippen LogP contribution in [0.25, 0.3) is 0 Å². The number of ketones is 1. The highest BCUT2D eigenvalue weighted by molar-refractivity contribution is 5.86. The molecule has 0 aromatic carbocycles. The molecular weight excluding hydrogens is 244 g/mol. The first-order valence-electron chi connectivity index (χ1n) is 7.23. The highest BCUT2D eigenvalue weighted by Gasteiger charge is 2.63. The van der Waals surface area contributed by atoms with E-state index in [0.29, 0.717) is 12.8 Å². The molecule has 106 valence electrons. The summed E-state index contributed by atoms with van der Waals surface area (Å²) in [5, 5.41) is 10.7. The van der Waals surface area contributed by atoms with E-state index in [1.54, 1.807) is 6.92 Å². The van der Waals surface area contributed by atoms with Gasteiger partial charge in [0.2, 0.25) is 0 Å². The minimum Gasteiger partial charge on any atom is -0.461 e. The quantitative estimate of drug-likeness (QED) is 0.678. The Morgan fingerprint density at radius 2 is 1.95 bits per heavy atom. The van der Waals surface area contributed by atoms with Crippen LogP contribution in [0.15, 0.2) is 0 Å². The number of carbonyl (C=O) groups is 2. The summed E-state index contributed by atoms with van der Waals surface area (Å²) in [5.41, 5.74) is -1.45. The zero-order valence-corrected chi connectivity index (χ0v) is 11.8. The summed E-state index contributed by atoms with van der Waals surface area (Å²) in [7, 11) is 0. The van der Waals surface area contributed by atoms with Gasteiger partial charge in [-0.25, -0.2) is 0 Å². The molecule has 1 saturated heterocycles. The number of carbonyl (C=O) groups excluding carboxylic acids is 2. The number of Topliss-reactive ketones (excluding diaryl/α,β-unsaturated/α-hetero) is 1. The van der Waals surface area contributed by atoms with Gasteiger partial charge < -0.3 is 9.84 Å². The van der Waals surface area contributed by atoms with Gasteiger partial charge in [-0.05, 0) is 26.2 Å². The first-order valence-corrected chi connectivity index (χ1v) is 7.23. The van der Waals surface area contributed by atoms with Gasteiger partial charge in [0.15, 0.2) is 0 Å². The monoisotopic (exact) mass is 266 g/mol. The van der Waals surface area contributed by atoms with Crippen LogP contribution in [0, 0.1) is 23.2 Å².